The van der Waals surface area contributed by atoms with Gasteiger partial charge in [0.2, 0.25) is 17.6 Å². The molecule has 2 nitrogen and oxygen atoms in total. The van der Waals surface area contributed by atoms with Crippen LogP contribution < -0.4 is 9.27 Å². The molecule has 0 bridgehead atoms. The van der Waals surface area contributed by atoms with Gasteiger partial charge in [0.1, 0.15) is 12.1 Å². The zero-order chi connectivity index (χ0) is 29.1. The summed E-state index contributed by atoms with van der Waals surface area (Å²) in [6.45, 7) is 12.3. The first kappa shape index (κ1) is 24.8. The van der Waals surface area contributed by atoms with E-state index >= 15 is 0 Å². The number of benzene rings is 4. The number of pyridine rings is 1. The summed E-state index contributed by atoms with van der Waals surface area (Å²) in [4.78, 5) is 0. The molecule has 206 valence electrons. The average molecular weight is 555 g/mol. The second-order valence-electron chi connectivity index (χ2n) is 12.6. The van der Waals surface area contributed by atoms with Gasteiger partial charge in [0, 0.05) is 35.2 Å². The maximum absolute atomic E-state index is 4.70. The van der Waals surface area contributed by atoms with Gasteiger partial charge in [-0.05, 0) is 105 Å². The molecule has 3 aliphatic heterocycles. The molecular formula is C41H34N2+2. The van der Waals surface area contributed by atoms with Crippen LogP contribution in [-0.4, -0.2) is 6.54 Å². The lowest BCUT2D eigenvalue weighted by atomic mass is 9.63. The Labute approximate surface area is 253 Å². The molecule has 1 atom stereocenters. The topological polar surface area (TPSA) is 3.88 Å². The largest absolute Gasteiger partial charge is 0.279 e. The molecule has 0 radical (unpaired) electrons. The van der Waals surface area contributed by atoms with Crippen LogP contribution in [0, 0.1) is 13.8 Å². The van der Waals surface area contributed by atoms with Gasteiger partial charge >= 0.3 is 0 Å². The third kappa shape index (κ3) is 2.81. The Morgan fingerprint density at radius 2 is 1.33 bits per heavy atom. The number of nitrogens with zero attached hydrogens (tertiary/aromatic N) is 2. The van der Waals surface area contributed by atoms with Crippen molar-refractivity contribution >= 4 is 16.9 Å². The van der Waals surface area contributed by atoms with Crippen LogP contribution in [0.25, 0.3) is 28.0 Å². The molecule has 4 heterocycles. The molecule has 1 aliphatic carbocycles. The second-order valence-corrected chi connectivity index (χ2v) is 12.6. The highest BCUT2D eigenvalue weighted by Gasteiger charge is 2.67. The van der Waals surface area contributed by atoms with Crippen molar-refractivity contribution in [3.63, 3.8) is 0 Å². The van der Waals surface area contributed by atoms with Crippen molar-refractivity contribution < 1.29 is 4.68 Å². The van der Waals surface area contributed by atoms with Crippen molar-refractivity contribution in [1.29, 1.82) is 0 Å². The van der Waals surface area contributed by atoms with Gasteiger partial charge in [0.05, 0.1) is 5.41 Å². The minimum Gasteiger partial charge on any atom is -0.0950 e. The van der Waals surface area contributed by atoms with Crippen molar-refractivity contribution in [2.75, 3.05) is 6.54 Å². The van der Waals surface area contributed by atoms with E-state index in [0.717, 1.165) is 13.0 Å². The van der Waals surface area contributed by atoms with Gasteiger partial charge < -0.3 is 0 Å². The van der Waals surface area contributed by atoms with Gasteiger partial charge in [-0.25, -0.2) is 0 Å². The van der Waals surface area contributed by atoms with Crippen LogP contribution >= 0.6 is 0 Å². The lowest BCUT2D eigenvalue weighted by Crippen LogP contribution is -2.69. The van der Waals surface area contributed by atoms with E-state index in [1.54, 1.807) is 0 Å². The normalized spacial score (nSPS) is 20.5. The van der Waals surface area contributed by atoms with Crippen molar-refractivity contribution in [2.24, 2.45) is 0 Å². The van der Waals surface area contributed by atoms with Crippen LogP contribution in [0.1, 0.15) is 52.3 Å². The van der Waals surface area contributed by atoms with Gasteiger partial charge in [-0.15, -0.1) is 0 Å². The second kappa shape index (κ2) is 8.40. The zero-order valence-electron chi connectivity index (χ0n) is 25.0. The third-order valence-electron chi connectivity index (χ3n) is 10.4. The van der Waals surface area contributed by atoms with E-state index in [9.17, 15) is 0 Å². The highest BCUT2D eigenvalue weighted by molar-refractivity contribution is 6.00. The Morgan fingerprint density at radius 1 is 0.721 bits per heavy atom. The first-order valence-corrected chi connectivity index (χ1v) is 15.4. The first-order chi connectivity index (χ1) is 21.0. The van der Waals surface area contributed by atoms with E-state index in [1.807, 2.05) is 0 Å². The minimum atomic E-state index is -0.429. The number of rotatable bonds is 1. The summed E-state index contributed by atoms with van der Waals surface area (Å²) < 4.78 is 3.22. The van der Waals surface area contributed by atoms with Gasteiger partial charge in [-0.1, -0.05) is 73.3 Å². The summed E-state index contributed by atoms with van der Waals surface area (Å²) in [5.41, 5.74) is 19.6. The molecule has 0 saturated heterocycles. The lowest BCUT2D eigenvalue weighted by Gasteiger charge is -2.43. The summed E-state index contributed by atoms with van der Waals surface area (Å²) in [7, 11) is 0. The molecule has 2 spiro atoms. The smallest absolute Gasteiger partial charge is 0.0950 e. The number of aromatic nitrogens is 1. The number of quaternary nitrogens is 1. The molecule has 1 unspecified atom stereocenters. The van der Waals surface area contributed by atoms with E-state index in [-0.39, 0.29) is 0 Å². The molecule has 4 aliphatic rings. The van der Waals surface area contributed by atoms with Crippen LogP contribution in [0.5, 0.6) is 0 Å². The predicted molar refractivity (Wildman–Crippen MR) is 177 cm³/mol. The maximum atomic E-state index is 4.70. The number of fused-ring (bicyclic) bond motifs is 9. The van der Waals surface area contributed by atoms with Gasteiger partial charge in [-0.2, -0.15) is 0 Å². The van der Waals surface area contributed by atoms with Crippen LogP contribution in [-0.2, 0) is 5.41 Å². The number of allylic oxidation sites excluding steroid dienone is 4. The minimum absolute atomic E-state index is 0.429. The van der Waals surface area contributed by atoms with Crippen molar-refractivity contribution in [2.45, 2.75) is 32.6 Å². The fourth-order valence-electron chi connectivity index (χ4n) is 8.91. The lowest BCUT2D eigenvalue weighted by molar-refractivity contribution is -0.780. The fraction of sp³-hybridized carbons (Fsp3) is 0.146. The van der Waals surface area contributed by atoms with Crippen LogP contribution in [0.15, 0.2) is 128 Å². The van der Waals surface area contributed by atoms with Crippen LogP contribution in [0.3, 0.4) is 0 Å². The quantitative estimate of drug-likeness (QED) is 0.141. The zero-order valence-corrected chi connectivity index (χ0v) is 25.0. The molecule has 0 saturated carbocycles. The Kier molecular flexibility index (Phi) is 4.84. The Bertz CT molecular complexity index is 2100. The first-order valence-electron chi connectivity index (χ1n) is 15.4. The van der Waals surface area contributed by atoms with E-state index in [2.05, 4.69) is 141 Å². The molecule has 9 rings (SSSR count). The van der Waals surface area contributed by atoms with Crippen LogP contribution in [0.2, 0.25) is 0 Å². The summed E-state index contributed by atoms with van der Waals surface area (Å²) >= 11 is 0. The average Bonchev–Trinajstić information content (AvgIpc) is 3.43. The van der Waals surface area contributed by atoms with Crippen LogP contribution in [0.4, 0.5) is 11.4 Å². The van der Waals surface area contributed by atoms with E-state index in [4.69, 9.17) is 6.58 Å². The Morgan fingerprint density at radius 3 is 2.00 bits per heavy atom. The van der Waals surface area contributed by atoms with E-state index < -0.39 is 5.41 Å². The monoisotopic (exact) mass is 554 g/mol. The van der Waals surface area contributed by atoms with E-state index in [1.165, 1.54) is 83.8 Å². The summed E-state index contributed by atoms with van der Waals surface area (Å²) in [5, 5.41) is 0. The summed E-state index contributed by atoms with van der Waals surface area (Å²) in [6.07, 6.45) is 9.81. The standard InChI is InChI=1S/C41H34N2/c1-5-6-13-29-28(4)19-21-43-39-32(29)22-26(2)24-36(39)41(34-16-9-7-14-30(34)31-15-8-10-17-35(31)41)37-25-27(3)23-33(40(37)43)38-18-11-12-20-42(38)43/h5-18,20,22-25H,4,19,21H2,1-3H3/q+2/b6-5-,29-13+. The van der Waals surface area contributed by atoms with Crippen molar-refractivity contribution in [3.05, 3.63) is 167 Å². The molecule has 0 N–H and O–H groups in total. The van der Waals surface area contributed by atoms with Gasteiger partial charge in [-0.3, -0.25) is 0 Å². The summed E-state index contributed by atoms with van der Waals surface area (Å²) in [6, 6.07) is 34.9. The Balaban J connectivity index is 1.59. The molecule has 4 aromatic carbocycles. The van der Waals surface area contributed by atoms with Gasteiger partial charge in [0.15, 0.2) is 0 Å². The Hall–Kier alpha value is -4.79. The SMILES string of the molecule is C=C1CC[N+]23c4c(cc(C)cc4C4(c5ccccc5-c5ccccc54)c4cc(C)cc(c42)-c2cccc[n+]23)/C1=C/C=C\C. The molecule has 1 aromatic heterocycles. The molecule has 2 heteroatoms. The number of aryl methyl sites for hydroxylation is 2. The summed E-state index contributed by atoms with van der Waals surface area (Å²) in [5.74, 6) is 0. The highest BCUT2D eigenvalue weighted by atomic mass is 15.7. The molecule has 0 fully saturated rings. The molecule has 43 heavy (non-hydrogen) atoms. The number of hydrogen-bond donors (Lipinski definition) is 0. The van der Waals surface area contributed by atoms with E-state index in [0.29, 0.717) is 4.59 Å². The van der Waals surface area contributed by atoms with Crippen molar-refractivity contribution in [3.8, 4) is 22.4 Å². The fourth-order valence-corrected chi connectivity index (χ4v) is 8.91. The number of hydrogen-bond acceptors (Lipinski definition) is 0. The maximum Gasteiger partial charge on any atom is 0.279 e. The molecule has 0 amide bonds. The molecule has 5 aromatic rings. The predicted octanol–water partition coefficient (Wildman–Crippen LogP) is 9.27. The molecular weight excluding hydrogens is 520 g/mol. The highest BCUT2D eigenvalue weighted by Crippen LogP contribution is 2.67. The third-order valence-corrected chi connectivity index (χ3v) is 10.4. The van der Waals surface area contributed by atoms with Crippen molar-refractivity contribution in [1.82, 2.24) is 4.59 Å². The van der Waals surface area contributed by atoms with Gasteiger partial charge in [0.25, 0.3) is 5.69 Å².